The van der Waals surface area contributed by atoms with Gasteiger partial charge in [0.1, 0.15) is 0 Å². The zero-order valence-corrected chi connectivity index (χ0v) is 21.4. The van der Waals surface area contributed by atoms with Crippen LogP contribution in [0.25, 0.3) is 0 Å². The topological polar surface area (TPSA) is 79.0 Å². The molecule has 0 spiro atoms. The second-order valence-electron chi connectivity index (χ2n) is 8.90. The van der Waals surface area contributed by atoms with Gasteiger partial charge in [0.15, 0.2) is 0 Å². The van der Waals surface area contributed by atoms with E-state index in [0.29, 0.717) is 18.6 Å². The van der Waals surface area contributed by atoms with Crippen LogP contribution in [0.1, 0.15) is 75.2 Å². The number of amides is 2. The Hall–Kier alpha value is -1.89. The maximum absolute atomic E-state index is 11.9. The van der Waals surface area contributed by atoms with Gasteiger partial charge in [-0.05, 0) is 58.7 Å². The maximum atomic E-state index is 11.9. The van der Waals surface area contributed by atoms with Crippen LogP contribution in [0.5, 0.6) is 0 Å². The number of hydrogen-bond acceptors (Lipinski definition) is 5. The van der Waals surface area contributed by atoms with E-state index in [2.05, 4.69) is 38.0 Å². The molecule has 0 radical (unpaired) electrons. The average molecular weight is 458 g/mol. The predicted molar refractivity (Wildman–Crippen MR) is 134 cm³/mol. The number of likely N-dealkylation sites (N-methyl/N-ethyl adjacent to an activating group) is 1. The number of nitrogens with one attached hydrogen (secondary N) is 1. The molecule has 0 aromatic carbocycles. The van der Waals surface area contributed by atoms with Gasteiger partial charge in [0.25, 0.3) is 0 Å². The molecular weight excluding hydrogens is 406 g/mol. The number of nitrogens with zero attached hydrogens (tertiary/aromatic N) is 2. The van der Waals surface area contributed by atoms with E-state index >= 15 is 0 Å². The standard InChI is InChI=1S/C14H24N2O4.C6H13N.C4H10.CH4/c1-6-20-14(19)11(4)7-12(10(2)3)16(5)13(18)8-15-9-17;1-7-5-3-2-4-6-7;1-4(2)3;/h7,9-10,12H,6,8H2,1-5H3,(H,15,17);2-6H2,1H3;4H,1-3H3;1H4/b11-7+;;;/t12-;;;/m1.../s1. The molecule has 2 amide bonds. The third kappa shape index (κ3) is 18.8. The first-order valence-corrected chi connectivity index (χ1v) is 11.4. The van der Waals surface area contributed by atoms with Crippen LogP contribution in [-0.4, -0.2) is 74.5 Å². The molecule has 0 aromatic heterocycles. The number of ether oxygens (including phenoxy) is 1. The van der Waals surface area contributed by atoms with Crippen LogP contribution in [0.15, 0.2) is 11.6 Å². The summed E-state index contributed by atoms with van der Waals surface area (Å²) in [7, 11) is 3.84. The summed E-state index contributed by atoms with van der Waals surface area (Å²) in [6, 6.07) is -0.236. The lowest BCUT2D eigenvalue weighted by atomic mass is 10.00. The number of piperidine rings is 1. The lowest BCUT2D eigenvalue weighted by Crippen LogP contribution is -2.43. The zero-order valence-electron chi connectivity index (χ0n) is 21.4. The van der Waals surface area contributed by atoms with Crippen molar-refractivity contribution in [2.75, 3.05) is 40.3 Å². The lowest BCUT2D eigenvalue weighted by molar-refractivity contribution is -0.138. The highest BCUT2D eigenvalue weighted by Crippen LogP contribution is 2.14. The molecule has 1 aliphatic heterocycles. The number of esters is 1. The van der Waals surface area contributed by atoms with Crippen molar-refractivity contribution in [1.29, 1.82) is 0 Å². The van der Waals surface area contributed by atoms with Crippen molar-refractivity contribution in [2.45, 2.75) is 81.2 Å². The van der Waals surface area contributed by atoms with Crippen LogP contribution in [0, 0.1) is 11.8 Å². The van der Waals surface area contributed by atoms with E-state index in [1.165, 1.54) is 37.3 Å². The summed E-state index contributed by atoms with van der Waals surface area (Å²) in [6.45, 7) is 16.7. The summed E-state index contributed by atoms with van der Waals surface area (Å²) in [5.41, 5.74) is 0.466. The molecule has 1 atom stereocenters. The Balaban J connectivity index is -0.000000571. The van der Waals surface area contributed by atoms with Crippen molar-refractivity contribution in [3.8, 4) is 0 Å². The van der Waals surface area contributed by atoms with E-state index in [4.69, 9.17) is 4.74 Å². The molecule has 7 heteroatoms. The minimum absolute atomic E-state index is 0. The lowest BCUT2D eigenvalue weighted by Gasteiger charge is -2.29. The Morgan fingerprint density at radius 1 is 1.09 bits per heavy atom. The molecule has 32 heavy (non-hydrogen) atoms. The van der Waals surface area contributed by atoms with Gasteiger partial charge < -0.3 is 19.9 Å². The normalized spacial score (nSPS) is 14.7. The molecule has 0 aromatic rings. The summed E-state index contributed by atoms with van der Waals surface area (Å²) < 4.78 is 4.92. The Morgan fingerprint density at radius 2 is 1.59 bits per heavy atom. The van der Waals surface area contributed by atoms with Gasteiger partial charge in [0.2, 0.25) is 12.3 Å². The highest BCUT2D eigenvalue weighted by Gasteiger charge is 2.22. The van der Waals surface area contributed by atoms with Gasteiger partial charge in [0, 0.05) is 12.6 Å². The first kappa shape index (κ1) is 34.7. The van der Waals surface area contributed by atoms with Crippen LogP contribution in [0.2, 0.25) is 0 Å². The first-order valence-electron chi connectivity index (χ1n) is 11.4. The number of carbonyl (C=O) groups excluding carboxylic acids is 3. The summed E-state index contributed by atoms with van der Waals surface area (Å²) in [5, 5.41) is 2.34. The van der Waals surface area contributed by atoms with E-state index in [1.807, 2.05) is 13.8 Å². The summed E-state index contributed by atoms with van der Waals surface area (Å²) in [6.07, 6.45) is 6.48. The maximum Gasteiger partial charge on any atom is 0.333 e. The summed E-state index contributed by atoms with van der Waals surface area (Å²) >= 11 is 0. The number of likely N-dealkylation sites (tertiary alicyclic amines) is 1. The molecule has 7 nitrogen and oxygen atoms in total. The number of rotatable bonds is 8. The van der Waals surface area contributed by atoms with Gasteiger partial charge in [-0.2, -0.15) is 0 Å². The molecule has 1 rings (SSSR count). The van der Waals surface area contributed by atoms with Crippen molar-refractivity contribution < 1.29 is 19.1 Å². The SMILES string of the molecule is C.CC(C)C.CCOC(=O)/C(C)=C/[C@H](C(C)C)N(C)C(=O)CNC=O.CN1CCCCC1. The monoisotopic (exact) mass is 457 g/mol. The third-order valence-electron chi connectivity index (χ3n) is 4.46. The van der Waals surface area contributed by atoms with Crippen molar-refractivity contribution in [2.24, 2.45) is 11.8 Å². The molecule has 1 aliphatic rings. The molecule has 1 saturated heterocycles. The molecule has 0 aliphatic carbocycles. The fourth-order valence-corrected chi connectivity index (χ4v) is 2.79. The third-order valence-corrected chi connectivity index (χ3v) is 4.46. The van der Waals surface area contributed by atoms with E-state index in [9.17, 15) is 14.4 Å². The van der Waals surface area contributed by atoms with Crippen LogP contribution in [0.4, 0.5) is 0 Å². The highest BCUT2D eigenvalue weighted by atomic mass is 16.5. The first-order chi connectivity index (χ1) is 14.5. The van der Waals surface area contributed by atoms with Crippen molar-refractivity contribution in [3.05, 3.63) is 11.6 Å². The molecule has 0 bridgehead atoms. The Kier molecular flexibility index (Phi) is 22.8. The summed E-state index contributed by atoms with van der Waals surface area (Å²) in [4.78, 5) is 37.6. The van der Waals surface area contributed by atoms with Crippen LogP contribution >= 0.6 is 0 Å². The minimum Gasteiger partial charge on any atom is -0.463 e. The van der Waals surface area contributed by atoms with Gasteiger partial charge in [-0.25, -0.2) is 4.79 Å². The van der Waals surface area contributed by atoms with Gasteiger partial charge in [-0.1, -0.05) is 54.5 Å². The zero-order chi connectivity index (χ0) is 24.4. The van der Waals surface area contributed by atoms with Crippen LogP contribution in [0.3, 0.4) is 0 Å². The molecule has 0 saturated carbocycles. The Morgan fingerprint density at radius 3 is 1.94 bits per heavy atom. The van der Waals surface area contributed by atoms with Crippen LogP contribution in [-0.2, 0) is 19.1 Å². The van der Waals surface area contributed by atoms with Gasteiger partial charge in [0.05, 0.1) is 19.2 Å². The molecule has 0 unspecified atom stereocenters. The van der Waals surface area contributed by atoms with Gasteiger partial charge in [-0.15, -0.1) is 0 Å². The highest BCUT2D eigenvalue weighted by molar-refractivity contribution is 5.88. The molecular formula is C25H51N3O4. The van der Waals surface area contributed by atoms with Crippen molar-refractivity contribution in [3.63, 3.8) is 0 Å². The smallest absolute Gasteiger partial charge is 0.333 e. The fourth-order valence-electron chi connectivity index (χ4n) is 2.79. The Labute approximate surface area is 197 Å². The molecule has 1 fully saturated rings. The van der Waals surface area contributed by atoms with Crippen LogP contribution < -0.4 is 5.32 Å². The minimum atomic E-state index is -0.384. The van der Waals surface area contributed by atoms with E-state index < -0.39 is 0 Å². The fraction of sp³-hybridized carbons (Fsp3) is 0.800. The van der Waals surface area contributed by atoms with E-state index in [-0.39, 0.29) is 37.8 Å². The Bertz CT molecular complexity index is 525. The quantitative estimate of drug-likeness (QED) is 0.337. The molecule has 1 heterocycles. The van der Waals surface area contributed by atoms with Gasteiger partial charge in [-0.3, -0.25) is 9.59 Å². The largest absolute Gasteiger partial charge is 0.463 e. The van der Waals surface area contributed by atoms with Crippen molar-refractivity contribution in [1.82, 2.24) is 15.1 Å². The van der Waals surface area contributed by atoms with Gasteiger partial charge >= 0.3 is 5.97 Å². The second-order valence-corrected chi connectivity index (χ2v) is 8.90. The summed E-state index contributed by atoms with van der Waals surface area (Å²) in [5.74, 6) is 0.360. The number of hydrogen-bond donors (Lipinski definition) is 1. The van der Waals surface area contributed by atoms with E-state index in [1.54, 1.807) is 27.0 Å². The van der Waals surface area contributed by atoms with Crippen molar-refractivity contribution >= 4 is 18.3 Å². The predicted octanol–water partition coefficient (Wildman–Crippen LogP) is 4.13. The molecule has 190 valence electrons. The number of carbonyl (C=O) groups is 3. The van der Waals surface area contributed by atoms with E-state index in [0.717, 1.165) is 5.92 Å². The second kappa shape index (κ2) is 21.0. The molecule has 1 N–H and O–H groups in total. The average Bonchev–Trinajstić information content (AvgIpc) is 2.70.